The Hall–Kier alpha value is -1.76. The van der Waals surface area contributed by atoms with Crippen molar-refractivity contribution in [3.8, 4) is 5.75 Å². The summed E-state index contributed by atoms with van der Waals surface area (Å²) in [6.07, 6.45) is -2.45. The number of hydrogen-bond donors (Lipinski definition) is 0. The number of alkyl halides is 3. The minimum Gasteiger partial charge on any atom is -0.406 e. The van der Waals surface area contributed by atoms with Crippen molar-refractivity contribution in [3.63, 3.8) is 0 Å². The topological polar surface area (TPSA) is 32.8 Å². The first-order valence-corrected chi connectivity index (χ1v) is 7.41. The van der Waals surface area contributed by atoms with Gasteiger partial charge < -0.3 is 14.5 Å². The molecule has 23 heavy (non-hydrogen) atoms. The molecule has 130 valence electrons. The zero-order chi connectivity index (χ0) is 17.5. The zero-order valence-corrected chi connectivity index (χ0v) is 13.7. The number of unbranched alkanes of at least 4 members (excludes halogenated alkanes) is 1. The maximum Gasteiger partial charge on any atom is 0.573 e. The third-order valence-electron chi connectivity index (χ3n) is 3.25. The normalized spacial score (nSPS) is 11.6. The van der Waals surface area contributed by atoms with Gasteiger partial charge in [0.2, 0.25) is 5.91 Å². The van der Waals surface area contributed by atoms with E-state index in [-0.39, 0.29) is 11.7 Å². The molecule has 0 saturated carbocycles. The molecule has 4 nitrogen and oxygen atoms in total. The molecule has 1 amide bonds. The van der Waals surface area contributed by atoms with E-state index in [9.17, 15) is 18.0 Å². The molecule has 1 aromatic rings. The average Bonchev–Trinajstić information content (AvgIpc) is 2.43. The maximum atomic E-state index is 12.1. The highest BCUT2D eigenvalue weighted by molar-refractivity contribution is 5.75. The van der Waals surface area contributed by atoms with Gasteiger partial charge in [-0.05, 0) is 51.2 Å². The Labute approximate surface area is 134 Å². The molecule has 0 saturated heterocycles. The maximum absolute atomic E-state index is 12.1. The summed E-state index contributed by atoms with van der Waals surface area (Å²) in [4.78, 5) is 15.6. The summed E-state index contributed by atoms with van der Waals surface area (Å²) in [5, 5.41) is 0. The summed E-state index contributed by atoms with van der Waals surface area (Å²) in [6, 6.07) is 5.55. The number of halogens is 3. The van der Waals surface area contributed by atoms with E-state index >= 15 is 0 Å². The number of carbonyl (C=O) groups excluding carboxylic acids is 1. The summed E-state index contributed by atoms with van der Waals surface area (Å²) in [6.45, 7) is 1.30. The molecule has 0 bridgehead atoms. The predicted molar refractivity (Wildman–Crippen MR) is 82.0 cm³/mol. The summed E-state index contributed by atoms with van der Waals surface area (Å²) in [5.41, 5.74) is 0.753. The molecular weight excluding hydrogens is 309 g/mol. The van der Waals surface area contributed by atoms with Crippen LogP contribution in [0.4, 0.5) is 13.2 Å². The largest absolute Gasteiger partial charge is 0.573 e. The first-order valence-electron chi connectivity index (χ1n) is 7.41. The second-order valence-electron chi connectivity index (χ2n) is 5.70. The fourth-order valence-electron chi connectivity index (χ4n) is 2.05. The van der Waals surface area contributed by atoms with Gasteiger partial charge in [0.25, 0.3) is 0 Å². The monoisotopic (exact) mass is 332 g/mol. The Morgan fingerprint density at radius 2 is 1.70 bits per heavy atom. The lowest BCUT2D eigenvalue weighted by Gasteiger charge is -2.18. The second-order valence-corrected chi connectivity index (χ2v) is 5.70. The smallest absolute Gasteiger partial charge is 0.406 e. The molecule has 0 aliphatic carbocycles. The molecule has 0 unspecified atom stereocenters. The molecule has 0 atom stereocenters. The van der Waals surface area contributed by atoms with Crippen molar-refractivity contribution in [3.05, 3.63) is 29.8 Å². The Bertz CT molecular complexity index is 487. The van der Waals surface area contributed by atoms with Gasteiger partial charge in [-0.15, -0.1) is 13.2 Å². The number of hydrogen-bond acceptors (Lipinski definition) is 3. The van der Waals surface area contributed by atoms with Crippen LogP contribution in [0, 0.1) is 0 Å². The number of benzene rings is 1. The fourth-order valence-corrected chi connectivity index (χ4v) is 2.05. The van der Waals surface area contributed by atoms with Crippen LogP contribution < -0.4 is 4.74 Å². The van der Waals surface area contributed by atoms with Gasteiger partial charge in [-0.1, -0.05) is 12.1 Å². The minimum absolute atomic E-state index is 0.0272. The lowest BCUT2D eigenvalue weighted by atomic mass is 10.2. The highest BCUT2D eigenvalue weighted by atomic mass is 19.4. The van der Waals surface area contributed by atoms with Crippen molar-refractivity contribution in [1.82, 2.24) is 9.80 Å². The van der Waals surface area contributed by atoms with Gasteiger partial charge in [-0.2, -0.15) is 0 Å². The number of rotatable bonds is 8. The number of amides is 1. The van der Waals surface area contributed by atoms with E-state index in [0.29, 0.717) is 13.0 Å². The van der Waals surface area contributed by atoms with Gasteiger partial charge in [0, 0.05) is 20.0 Å². The van der Waals surface area contributed by atoms with Gasteiger partial charge in [0.05, 0.1) is 0 Å². The Kier molecular flexibility index (Phi) is 7.35. The molecule has 0 aromatic heterocycles. The van der Waals surface area contributed by atoms with E-state index < -0.39 is 6.36 Å². The Balaban J connectivity index is 2.41. The van der Waals surface area contributed by atoms with Gasteiger partial charge in [-0.25, -0.2) is 0 Å². The molecule has 0 spiro atoms. The van der Waals surface area contributed by atoms with Crippen molar-refractivity contribution in [2.45, 2.75) is 32.2 Å². The predicted octanol–water partition coefficient (Wildman–Crippen LogP) is 3.28. The van der Waals surface area contributed by atoms with Gasteiger partial charge in [0.15, 0.2) is 0 Å². The van der Waals surface area contributed by atoms with Crippen molar-refractivity contribution >= 4 is 5.91 Å². The van der Waals surface area contributed by atoms with E-state index in [0.717, 1.165) is 24.9 Å². The molecule has 7 heteroatoms. The lowest BCUT2D eigenvalue weighted by Crippen LogP contribution is -2.26. The third-order valence-corrected chi connectivity index (χ3v) is 3.25. The first kappa shape index (κ1) is 19.3. The Morgan fingerprint density at radius 3 is 2.22 bits per heavy atom. The summed E-state index contributed by atoms with van der Waals surface area (Å²) in [5.74, 6) is -0.238. The quantitative estimate of drug-likeness (QED) is 0.685. The van der Waals surface area contributed by atoms with Crippen LogP contribution in [0.1, 0.15) is 24.8 Å². The molecule has 0 N–H and O–H groups in total. The second kappa shape index (κ2) is 8.76. The standard InChI is InChI=1S/C16H23F3N2O2/c1-20(2)11-5-4-6-15(22)21(3)12-13-7-9-14(10-8-13)23-16(17,18)19/h7-10H,4-6,11-12H2,1-3H3. The highest BCUT2D eigenvalue weighted by Crippen LogP contribution is 2.23. The van der Waals surface area contributed by atoms with Crippen LogP contribution in [0.25, 0.3) is 0 Å². The molecule has 0 heterocycles. The molecule has 0 aliphatic heterocycles. The van der Waals surface area contributed by atoms with Crippen LogP contribution in [0.5, 0.6) is 5.75 Å². The lowest BCUT2D eigenvalue weighted by molar-refractivity contribution is -0.274. The van der Waals surface area contributed by atoms with Crippen LogP contribution in [-0.4, -0.2) is 49.8 Å². The highest BCUT2D eigenvalue weighted by Gasteiger charge is 2.30. The fraction of sp³-hybridized carbons (Fsp3) is 0.562. The van der Waals surface area contributed by atoms with E-state index in [1.165, 1.54) is 24.3 Å². The molecule has 0 aliphatic rings. The number of ether oxygens (including phenoxy) is 1. The van der Waals surface area contributed by atoms with Crippen LogP contribution in [0.15, 0.2) is 24.3 Å². The first-order chi connectivity index (χ1) is 10.7. The SMILES string of the molecule is CN(C)CCCCC(=O)N(C)Cc1ccc(OC(F)(F)F)cc1. The van der Waals surface area contributed by atoms with Gasteiger partial charge in [0.1, 0.15) is 5.75 Å². The van der Waals surface area contributed by atoms with Crippen molar-refractivity contribution in [2.75, 3.05) is 27.7 Å². The van der Waals surface area contributed by atoms with Crippen LogP contribution >= 0.6 is 0 Å². The summed E-state index contributed by atoms with van der Waals surface area (Å²) in [7, 11) is 5.66. The van der Waals surface area contributed by atoms with Crippen molar-refractivity contribution in [2.24, 2.45) is 0 Å². The number of carbonyl (C=O) groups is 1. The molecule has 0 fully saturated rings. The van der Waals surface area contributed by atoms with E-state index in [1.807, 2.05) is 14.1 Å². The summed E-state index contributed by atoms with van der Waals surface area (Å²) >= 11 is 0. The molecular formula is C16H23F3N2O2. The van der Waals surface area contributed by atoms with Crippen molar-refractivity contribution < 1.29 is 22.7 Å². The van der Waals surface area contributed by atoms with Gasteiger partial charge >= 0.3 is 6.36 Å². The molecule has 0 radical (unpaired) electrons. The van der Waals surface area contributed by atoms with Crippen LogP contribution in [0.2, 0.25) is 0 Å². The summed E-state index contributed by atoms with van der Waals surface area (Å²) < 4.78 is 40.0. The third kappa shape index (κ3) is 8.44. The van der Waals surface area contributed by atoms with E-state index in [2.05, 4.69) is 9.64 Å². The zero-order valence-electron chi connectivity index (χ0n) is 13.7. The average molecular weight is 332 g/mol. The van der Waals surface area contributed by atoms with Crippen LogP contribution in [0.3, 0.4) is 0 Å². The number of nitrogens with zero attached hydrogens (tertiary/aromatic N) is 2. The van der Waals surface area contributed by atoms with Crippen LogP contribution in [-0.2, 0) is 11.3 Å². The van der Waals surface area contributed by atoms with E-state index in [1.54, 1.807) is 11.9 Å². The van der Waals surface area contributed by atoms with Crippen molar-refractivity contribution in [1.29, 1.82) is 0 Å². The van der Waals surface area contributed by atoms with E-state index in [4.69, 9.17) is 0 Å². The Morgan fingerprint density at radius 1 is 1.09 bits per heavy atom. The minimum atomic E-state index is -4.69. The van der Waals surface area contributed by atoms with Gasteiger partial charge in [-0.3, -0.25) is 4.79 Å². The molecule has 1 aromatic carbocycles. The molecule has 1 rings (SSSR count).